The number of nitrogens with zero attached hydrogens (tertiary/aromatic N) is 4. The molecule has 0 unspecified atom stereocenters. The van der Waals surface area contributed by atoms with Crippen LogP contribution in [0.5, 0.6) is 5.88 Å². The molecular weight excluding hydrogens is 864 g/mol. The molecule has 63 heavy (non-hydrogen) atoms. The number of sulfonamides is 1. The minimum Gasteiger partial charge on any atom is -0.476 e. The number of hydrogen-bond acceptors (Lipinski definition) is 12. The first-order valence-corrected chi connectivity index (χ1v) is 23.3. The van der Waals surface area contributed by atoms with Crippen LogP contribution in [0, 0.1) is 17.3 Å². The molecule has 5 atom stereocenters. The van der Waals surface area contributed by atoms with Crippen molar-refractivity contribution in [2.75, 3.05) is 6.54 Å². The van der Waals surface area contributed by atoms with Gasteiger partial charge in [0, 0.05) is 41.5 Å². The Morgan fingerprint density at radius 1 is 1.02 bits per heavy atom. The average Bonchev–Trinajstić information content (AvgIpc) is 4.07. The molecule has 3 fully saturated rings. The molecule has 5 heterocycles. The van der Waals surface area contributed by atoms with Crippen LogP contribution in [0.1, 0.15) is 85.3 Å². The second-order valence-corrected chi connectivity index (χ2v) is 19.8. The molecule has 19 heteroatoms. The predicted molar refractivity (Wildman–Crippen MR) is 223 cm³/mol. The number of hydrogen-bond donors (Lipinski definition) is 2. The quantitative estimate of drug-likeness (QED) is 0.138. The fraction of sp³-hybridized carbons (Fsp3) is 0.432. The normalized spacial score (nSPS) is 25.2. The number of rotatable bonds is 9. The highest BCUT2D eigenvalue weighted by atomic mass is 32.2. The number of ether oxygens (including phenoxy) is 1. The fourth-order valence-electron chi connectivity index (χ4n) is 8.78. The number of alkyl halides is 3. The number of aromatic nitrogens is 3. The van der Waals surface area contributed by atoms with Crippen LogP contribution in [0.25, 0.3) is 33.5 Å². The van der Waals surface area contributed by atoms with E-state index in [0.717, 1.165) is 36.3 Å². The number of allylic oxidation sites excluding steroid dienone is 2. The SMILES string of the molecule is O=C(O)c1csc(C[C@H]2CCCCC/C=C\[C@H]3C[C@@]3(C(=O)NS(=O)(=O)C3CC3)CC(=O)[C@@H]3C[C@@H](Oc4nc(-c5ccc(C(F)(F)F)cc5)nc5c4oc4ccccc45)CN3C2=O)n1. The number of carbonyl (C=O) groups is 4. The third kappa shape index (κ3) is 8.68. The Morgan fingerprint density at radius 3 is 2.52 bits per heavy atom. The lowest BCUT2D eigenvalue weighted by Crippen LogP contribution is -2.46. The molecule has 3 aromatic heterocycles. The van der Waals surface area contributed by atoms with Gasteiger partial charge in [-0.05, 0) is 68.7 Å². The van der Waals surface area contributed by atoms with Crippen LogP contribution in [-0.2, 0) is 37.0 Å². The summed E-state index contributed by atoms with van der Waals surface area (Å²) in [5.41, 5.74) is -1.16. The minimum atomic E-state index is -4.57. The first kappa shape index (κ1) is 42.6. The molecule has 9 rings (SSSR count). The van der Waals surface area contributed by atoms with E-state index in [9.17, 15) is 45.9 Å². The summed E-state index contributed by atoms with van der Waals surface area (Å²) in [5, 5.41) is 11.3. The Bertz CT molecular complexity index is 2770. The molecule has 2 aromatic carbocycles. The molecule has 2 aliphatic heterocycles. The molecule has 2 N–H and O–H groups in total. The lowest BCUT2D eigenvalue weighted by molar-refractivity contribution is -0.142. The highest BCUT2D eigenvalue weighted by Crippen LogP contribution is 2.57. The van der Waals surface area contributed by atoms with Gasteiger partial charge in [0.05, 0.1) is 33.8 Å². The second-order valence-electron chi connectivity index (χ2n) is 16.9. The van der Waals surface area contributed by atoms with Gasteiger partial charge in [0.25, 0.3) is 5.88 Å². The molecule has 0 spiro atoms. The fourth-order valence-corrected chi connectivity index (χ4v) is 11.0. The van der Waals surface area contributed by atoms with Gasteiger partial charge in [-0.15, -0.1) is 11.3 Å². The maximum Gasteiger partial charge on any atom is 0.416 e. The van der Waals surface area contributed by atoms with E-state index in [1.54, 1.807) is 24.3 Å². The summed E-state index contributed by atoms with van der Waals surface area (Å²) in [6.07, 6.45) is 2.55. The number of Topliss-reactive ketones (excluding diaryl/α,β-unsaturated/α-hetero) is 1. The van der Waals surface area contributed by atoms with Crippen LogP contribution in [0.15, 0.2) is 70.5 Å². The molecule has 2 amide bonds. The Balaban J connectivity index is 1.07. The molecule has 330 valence electrons. The predicted octanol–water partition coefficient (Wildman–Crippen LogP) is 7.52. The lowest BCUT2D eigenvalue weighted by Gasteiger charge is -2.29. The number of amides is 2. The van der Waals surface area contributed by atoms with Crippen LogP contribution in [0.4, 0.5) is 13.2 Å². The van der Waals surface area contributed by atoms with Crippen molar-refractivity contribution in [2.45, 2.75) is 94.2 Å². The Morgan fingerprint density at radius 2 is 1.79 bits per heavy atom. The van der Waals surface area contributed by atoms with E-state index in [0.29, 0.717) is 53.6 Å². The summed E-state index contributed by atoms with van der Waals surface area (Å²) in [6.45, 7) is -0.107. The minimum absolute atomic E-state index is 0.0440. The molecule has 5 aromatic rings. The van der Waals surface area contributed by atoms with Gasteiger partial charge in [0.15, 0.2) is 17.3 Å². The number of thiazole rings is 1. The number of benzene rings is 2. The number of carbonyl (C=O) groups excluding carboxylic acids is 3. The van der Waals surface area contributed by atoms with Crippen molar-refractivity contribution in [1.82, 2.24) is 24.6 Å². The summed E-state index contributed by atoms with van der Waals surface area (Å²) >= 11 is 1.13. The van der Waals surface area contributed by atoms with Crippen molar-refractivity contribution in [3.05, 3.63) is 82.3 Å². The maximum absolute atomic E-state index is 14.9. The van der Waals surface area contributed by atoms with Crippen molar-refractivity contribution >= 4 is 67.0 Å². The van der Waals surface area contributed by atoms with Crippen LogP contribution >= 0.6 is 11.3 Å². The standard InChI is InChI=1S/C44H42F3N5O9S2/c45-44(46,47)26-14-12-24(13-15-26)38-49-36-30-10-6-7-11-34(30)61-37(36)39(50-38)60-28-19-32-33(53)21-43(42(57)51-63(58,59)29-16-17-29)20-27(43)9-5-3-1-2-4-8-25(40(54)52(32)22-28)18-35-48-31(23-62-35)41(55)56/h5-7,9-15,23,25,27-29,32H,1-4,8,16-22H2,(H,51,57)(H,55,56)/b9-5-/t25-,27+,28-,32+,43-/m1/s1. The summed E-state index contributed by atoms with van der Waals surface area (Å²) in [5.74, 6) is -3.90. The second kappa shape index (κ2) is 16.5. The van der Waals surface area contributed by atoms with E-state index >= 15 is 0 Å². The van der Waals surface area contributed by atoms with Crippen molar-refractivity contribution in [3.63, 3.8) is 0 Å². The van der Waals surface area contributed by atoms with Crippen LogP contribution in [0.3, 0.4) is 0 Å². The molecule has 14 nitrogen and oxygen atoms in total. The summed E-state index contributed by atoms with van der Waals surface area (Å²) in [6, 6.07) is 10.3. The average molecular weight is 906 g/mol. The number of carboxylic acid groups (broad SMARTS) is 1. The molecule has 0 radical (unpaired) electrons. The monoisotopic (exact) mass is 905 g/mol. The van der Waals surface area contributed by atoms with E-state index in [4.69, 9.17) is 9.15 Å². The van der Waals surface area contributed by atoms with Gasteiger partial charge in [-0.2, -0.15) is 18.2 Å². The van der Waals surface area contributed by atoms with Crippen molar-refractivity contribution in [1.29, 1.82) is 0 Å². The zero-order chi connectivity index (χ0) is 44.3. The largest absolute Gasteiger partial charge is 0.476 e. The number of furan rings is 1. The number of nitrogens with one attached hydrogen (secondary N) is 1. The first-order valence-electron chi connectivity index (χ1n) is 20.9. The van der Waals surface area contributed by atoms with E-state index in [1.807, 2.05) is 12.2 Å². The van der Waals surface area contributed by atoms with E-state index in [-0.39, 0.29) is 66.7 Å². The number of para-hydroxylation sites is 1. The number of carboxylic acids is 1. The summed E-state index contributed by atoms with van der Waals surface area (Å²) in [7, 11) is -3.93. The van der Waals surface area contributed by atoms with Gasteiger partial charge in [-0.3, -0.25) is 19.1 Å². The van der Waals surface area contributed by atoms with Gasteiger partial charge in [0.1, 0.15) is 17.2 Å². The van der Waals surface area contributed by atoms with E-state index < -0.39 is 74.1 Å². The van der Waals surface area contributed by atoms with Gasteiger partial charge >= 0.3 is 12.1 Å². The molecule has 0 bridgehead atoms. The first-order chi connectivity index (χ1) is 30.1. The van der Waals surface area contributed by atoms with Crippen molar-refractivity contribution in [3.8, 4) is 17.3 Å². The number of aromatic carboxylic acids is 1. The lowest BCUT2D eigenvalue weighted by atomic mass is 9.90. The van der Waals surface area contributed by atoms with Gasteiger partial charge < -0.3 is 19.2 Å². The van der Waals surface area contributed by atoms with E-state index in [2.05, 4.69) is 19.7 Å². The van der Waals surface area contributed by atoms with E-state index in [1.165, 1.54) is 22.4 Å². The molecular formula is C44H42F3N5O9S2. The summed E-state index contributed by atoms with van der Waals surface area (Å²) in [4.78, 5) is 70.2. The van der Waals surface area contributed by atoms with Gasteiger partial charge in [0.2, 0.25) is 27.4 Å². The molecule has 2 saturated carbocycles. The zero-order valence-corrected chi connectivity index (χ0v) is 35.3. The Hall–Kier alpha value is -5.69. The third-order valence-corrected chi connectivity index (χ3v) is 15.2. The van der Waals surface area contributed by atoms with Crippen LogP contribution in [0.2, 0.25) is 0 Å². The third-order valence-electron chi connectivity index (χ3n) is 12.5. The van der Waals surface area contributed by atoms with Crippen molar-refractivity contribution < 1.29 is 55.0 Å². The maximum atomic E-state index is 14.9. The van der Waals surface area contributed by atoms with Crippen molar-refractivity contribution in [2.24, 2.45) is 17.3 Å². The summed E-state index contributed by atoms with van der Waals surface area (Å²) < 4.78 is 81.4. The number of halogens is 3. The molecule has 2 aliphatic carbocycles. The highest BCUT2D eigenvalue weighted by molar-refractivity contribution is 7.90. The Kier molecular flexibility index (Phi) is 11.1. The topological polar surface area (TPSA) is 199 Å². The van der Waals surface area contributed by atoms with Crippen LogP contribution < -0.4 is 9.46 Å². The molecule has 1 saturated heterocycles. The van der Waals surface area contributed by atoms with Gasteiger partial charge in [-0.1, -0.05) is 49.3 Å². The zero-order valence-electron chi connectivity index (χ0n) is 33.7. The highest BCUT2D eigenvalue weighted by Gasteiger charge is 2.61. The smallest absolute Gasteiger partial charge is 0.416 e. The number of fused-ring (bicyclic) bond motifs is 5. The Labute approximate surface area is 363 Å². The van der Waals surface area contributed by atoms with Crippen LogP contribution in [-0.4, -0.2) is 80.9 Å². The number of ketones is 1. The van der Waals surface area contributed by atoms with Gasteiger partial charge in [-0.25, -0.2) is 23.2 Å². The molecule has 4 aliphatic rings.